The lowest BCUT2D eigenvalue weighted by molar-refractivity contribution is -0.000959. The second-order valence-corrected chi connectivity index (χ2v) is 5.97. The Morgan fingerprint density at radius 3 is 2.50 bits per heavy atom. The quantitative estimate of drug-likeness (QED) is 0.708. The Kier molecular flexibility index (Phi) is 7.03. The minimum Gasteiger partial charge on any atom is -0.459 e. The molecule has 1 aromatic carbocycles. The molecule has 1 aromatic rings. The predicted molar refractivity (Wildman–Crippen MR) is 81.2 cm³/mol. The Morgan fingerprint density at radius 2 is 1.90 bits per heavy atom. The Balaban J connectivity index is 2.44. The average molecular weight is 299 g/mol. The number of hydrogen-bond acceptors (Lipinski definition) is 3. The number of rotatable bonds is 7. The molecule has 0 aromatic heterocycles. The van der Waals surface area contributed by atoms with E-state index >= 15 is 0 Å². The highest BCUT2D eigenvalue weighted by Gasteiger charge is 2.18. The van der Waals surface area contributed by atoms with E-state index < -0.39 is 0 Å². The lowest BCUT2D eigenvalue weighted by atomic mass is 10.1. The van der Waals surface area contributed by atoms with Gasteiger partial charge in [0.2, 0.25) is 0 Å². The minimum absolute atomic E-state index is 0.150. The summed E-state index contributed by atoms with van der Waals surface area (Å²) in [6.45, 7) is 9.41. The number of hydrogen-bond donors (Lipinski definition) is 0. The molecule has 112 valence electrons. The van der Waals surface area contributed by atoms with Crippen molar-refractivity contribution in [2.45, 2.75) is 33.8 Å². The fourth-order valence-corrected chi connectivity index (χ4v) is 1.78. The highest BCUT2D eigenvalue weighted by atomic mass is 35.5. The van der Waals surface area contributed by atoms with Crippen molar-refractivity contribution in [3.63, 3.8) is 0 Å². The Morgan fingerprint density at radius 1 is 1.20 bits per heavy atom. The molecule has 0 saturated heterocycles. The van der Waals surface area contributed by atoms with Crippen LogP contribution >= 0.6 is 11.6 Å². The van der Waals surface area contributed by atoms with E-state index in [0.29, 0.717) is 23.1 Å². The number of halogens is 1. The normalized spacial score (nSPS) is 14.1. The maximum absolute atomic E-state index is 12.0. The van der Waals surface area contributed by atoms with E-state index in [1.165, 1.54) is 0 Å². The molecule has 0 saturated carbocycles. The molecular formula is C16H23ClO3. The average Bonchev–Trinajstić information content (AvgIpc) is 2.38. The summed E-state index contributed by atoms with van der Waals surface area (Å²) in [5.41, 5.74) is 0.472. The number of carbonyl (C=O) groups excluding carboxylic acids is 1. The van der Waals surface area contributed by atoms with Crippen LogP contribution in [0.15, 0.2) is 24.3 Å². The number of carbonyl (C=O) groups is 1. The third kappa shape index (κ3) is 5.93. The van der Waals surface area contributed by atoms with E-state index in [1.807, 2.05) is 13.8 Å². The van der Waals surface area contributed by atoms with E-state index in [-0.39, 0.29) is 18.0 Å². The molecule has 1 rings (SSSR count). The Hall–Kier alpha value is -1.06. The van der Waals surface area contributed by atoms with Crippen molar-refractivity contribution in [1.82, 2.24) is 0 Å². The van der Waals surface area contributed by atoms with E-state index in [1.54, 1.807) is 24.3 Å². The Labute approximate surface area is 126 Å². The molecule has 3 nitrogen and oxygen atoms in total. The third-order valence-corrected chi connectivity index (χ3v) is 3.22. The van der Waals surface area contributed by atoms with E-state index in [2.05, 4.69) is 13.8 Å². The predicted octanol–water partition coefficient (Wildman–Crippen LogP) is 4.19. The molecule has 2 atom stereocenters. The van der Waals surface area contributed by atoms with Gasteiger partial charge in [0, 0.05) is 17.5 Å². The van der Waals surface area contributed by atoms with Crippen LogP contribution in [-0.2, 0) is 9.47 Å². The zero-order valence-electron chi connectivity index (χ0n) is 12.6. The van der Waals surface area contributed by atoms with Gasteiger partial charge in [-0.1, -0.05) is 38.4 Å². The van der Waals surface area contributed by atoms with Gasteiger partial charge in [0.1, 0.15) is 6.10 Å². The molecule has 0 amide bonds. The molecular weight excluding hydrogens is 276 g/mol. The van der Waals surface area contributed by atoms with Gasteiger partial charge < -0.3 is 9.47 Å². The van der Waals surface area contributed by atoms with Crippen molar-refractivity contribution in [3.05, 3.63) is 34.9 Å². The monoisotopic (exact) mass is 298 g/mol. The van der Waals surface area contributed by atoms with Crippen molar-refractivity contribution in [3.8, 4) is 0 Å². The van der Waals surface area contributed by atoms with Crippen LogP contribution in [0.1, 0.15) is 38.1 Å². The molecule has 2 unspecified atom stereocenters. The standard InChI is InChI=1S/C16H23ClO3/c1-11(2)9-19-10-12(3)13(4)20-16(18)14-6-5-7-15(17)8-14/h5-8,11-13H,9-10H2,1-4H3. The van der Waals surface area contributed by atoms with Crippen molar-refractivity contribution >= 4 is 17.6 Å². The second-order valence-electron chi connectivity index (χ2n) is 5.53. The Bertz CT molecular complexity index is 431. The van der Waals surface area contributed by atoms with Crippen molar-refractivity contribution in [2.75, 3.05) is 13.2 Å². The molecule has 0 radical (unpaired) electrons. The molecule has 0 N–H and O–H groups in total. The van der Waals surface area contributed by atoms with Gasteiger partial charge in [0.05, 0.1) is 12.2 Å². The fraction of sp³-hybridized carbons (Fsp3) is 0.562. The summed E-state index contributed by atoms with van der Waals surface area (Å²) in [5, 5.41) is 0.528. The van der Waals surface area contributed by atoms with Gasteiger partial charge in [-0.25, -0.2) is 4.79 Å². The minimum atomic E-state index is -0.351. The van der Waals surface area contributed by atoms with Crippen LogP contribution in [0.5, 0.6) is 0 Å². The van der Waals surface area contributed by atoms with E-state index in [9.17, 15) is 4.79 Å². The number of esters is 1. The van der Waals surface area contributed by atoms with Crippen LogP contribution in [-0.4, -0.2) is 25.3 Å². The smallest absolute Gasteiger partial charge is 0.338 e. The summed E-state index contributed by atoms with van der Waals surface area (Å²) in [5.74, 6) is 0.305. The number of benzene rings is 1. The van der Waals surface area contributed by atoms with Crippen molar-refractivity contribution in [2.24, 2.45) is 11.8 Å². The van der Waals surface area contributed by atoms with Gasteiger partial charge in [-0.2, -0.15) is 0 Å². The molecule has 0 bridgehead atoms. The summed E-state index contributed by atoms with van der Waals surface area (Å²) in [6, 6.07) is 6.76. The maximum Gasteiger partial charge on any atom is 0.338 e. The molecule has 0 aliphatic heterocycles. The van der Waals surface area contributed by atoms with Gasteiger partial charge in [0.15, 0.2) is 0 Å². The summed E-state index contributed by atoms with van der Waals surface area (Å²) in [4.78, 5) is 12.0. The molecule has 0 fully saturated rings. The molecule has 20 heavy (non-hydrogen) atoms. The molecule has 0 heterocycles. The first kappa shape index (κ1) is 17.0. The first-order valence-corrected chi connectivity index (χ1v) is 7.32. The topological polar surface area (TPSA) is 35.5 Å². The lowest BCUT2D eigenvalue weighted by Crippen LogP contribution is -2.26. The van der Waals surface area contributed by atoms with Crippen LogP contribution in [0, 0.1) is 11.8 Å². The van der Waals surface area contributed by atoms with Gasteiger partial charge in [-0.3, -0.25) is 0 Å². The summed E-state index contributed by atoms with van der Waals surface area (Å²) < 4.78 is 11.0. The zero-order valence-corrected chi connectivity index (χ0v) is 13.3. The summed E-state index contributed by atoms with van der Waals surface area (Å²) in [6.07, 6.45) is -0.200. The van der Waals surface area contributed by atoms with Crippen molar-refractivity contribution in [1.29, 1.82) is 0 Å². The second kappa shape index (κ2) is 8.28. The van der Waals surface area contributed by atoms with Crippen molar-refractivity contribution < 1.29 is 14.3 Å². The maximum atomic E-state index is 12.0. The van der Waals surface area contributed by atoms with Crippen LogP contribution < -0.4 is 0 Å². The highest BCUT2D eigenvalue weighted by molar-refractivity contribution is 6.30. The molecule has 4 heteroatoms. The van der Waals surface area contributed by atoms with E-state index in [4.69, 9.17) is 21.1 Å². The van der Waals surface area contributed by atoms with Crippen LogP contribution in [0.3, 0.4) is 0 Å². The van der Waals surface area contributed by atoms with Crippen LogP contribution in [0.25, 0.3) is 0 Å². The molecule has 0 aliphatic rings. The third-order valence-electron chi connectivity index (χ3n) is 2.99. The SMILES string of the molecule is CC(C)COCC(C)C(C)OC(=O)c1cccc(Cl)c1. The van der Waals surface area contributed by atoms with Gasteiger partial charge in [0.25, 0.3) is 0 Å². The first-order valence-electron chi connectivity index (χ1n) is 6.94. The molecule has 0 aliphatic carbocycles. The van der Waals surface area contributed by atoms with Crippen LogP contribution in [0.2, 0.25) is 5.02 Å². The zero-order chi connectivity index (χ0) is 15.1. The largest absolute Gasteiger partial charge is 0.459 e. The fourth-order valence-electron chi connectivity index (χ4n) is 1.59. The lowest BCUT2D eigenvalue weighted by Gasteiger charge is -2.21. The summed E-state index contributed by atoms with van der Waals surface area (Å²) >= 11 is 5.86. The van der Waals surface area contributed by atoms with Gasteiger partial charge >= 0.3 is 5.97 Å². The van der Waals surface area contributed by atoms with Gasteiger partial charge in [-0.15, -0.1) is 0 Å². The first-order chi connectivity index (χ1) is 9.40. The molecule has 0 spiro atoms. The summed E-state index contributed by atoms with van der Waals surface area (Å²) in [7, 11) is 0. The van der Waals surface area contributed by atoms with E-state index in [0.717, 1.165) is 6.61 Å². The van der Waals surface area contributed by atoms with Crippen LogP contribution in [0.4, 0.5) is 0 Å². The highest BCUT2D eigenvalue weighted by Crippen LogP contribution is 2.15. The van der Waals surface area contributed by atoms with Gasteiger partial charge in [-0.05, 0) is 31.0 Å². The number of ether oxygens (including phenoxy) is 2.